The van der Waals surface area contributed by atoms with Crippen molar-refractivity contribution in [3.05, 3.63) is 40.2 Å². The van der Waals surface area contributed by atoms with Gasteiger partial charge >= 0.3 is 6.18 Å². The SMILES string of the molecule is NC(c1nc(-c2cccc(C(F)(F)F)c2)cs1)C1CC1. The summed E-state index contributed by atoms with van der Waals surface area (Å²) in [6.07, 6.45) is -2.11. The number of nitrogens with zero attached hydrogens (tertiary/aromatic N) is 1. The number of hydrogen-bond donors (Lipinski definition) is 1. The summed E-state index contributed by atoms with van der Waals surface area (Å²) in [4.78, 5) is 4.39. The van der Waals surface area contributed by atoms with E-state index in [-0.39, 0.29) is 6.04 Å². The molecule has 1 heterocycles. The van der Waals surface area contributed by atoms with E-state index in [1.54, 1.807) is 11.4 Å². The first-order chi connectivity index (χ1) is 9.45. The third kappa shape index (κ3) is 2.71. The highest BCUT2D eigenvalue weighted by Crippen LogP contribution is 2.41. The van der Waals surface area contributed by atoms with E-state index < -0.39 is 11.7 Å². The summed E-state index contributed by atoms with van der Waals surface area (Å²) in [7, 11) is 0. The zero-order valence-electron chi connectivity index (χ0n) is 10.5. The van der Waals surface area contributed by atoms with Crippen molar-refractivity contribution in [3.8, 4) is 11.3 Å². The van der Waals surface area contributed by atoms with Crippen LogP contribution < -0.4 is 5.73 Å². The minimum absolute atomic E-state index is 0.0838. The Balaban J connectivity index is 1.89. The minimum atomic E-state index is -4.33. The number of benzene rings is 1. The molecule has 1 fully saturated rings. The molecule has 1 aromatic heterocycles. The molecule has 1 aliphatic carbocycles. The molecule has 1 aromatic carbocycles. The average Bonchev–Trinajstić information content (AvgIpc) is 3.14. The standard InChI is InChI=1S/C14H13F3N2S/c15-14(16,17)10-3-1-2-9(6-10)11-7-20-13(19-11)12(18)8-4-5-8/h1-3,6-8,12H,4-5,18H2. The third-order valence-electron chi connectivity index (χ3n) is 3.42. The molecule has 2 nitrogen and oxygen atoms in total. The van der Waals surface area contributed by atoms with Crippen LogP contribution >= 0.6 is 11.3 Å². The first-order valence-electron chi connectivity index (χ1n) is 6.34. The lowest BCUT2D eigenvalue weighted by Gasteiger charge is -2.07. The number of aromatic nitrogens is 1. The fourth-order valence-electron chi connectivity index (χ4n) is 2.09. The van der Waals surface area contributed by atoms with Gasteiger partial charge in [0.25, 0.3) is 0 Å². The highest BCUT2D eigenvalue weighted by molar-refractivity contribution is 7.10. The molecule has 0 spiro atoms. The second-order valence-electron chi connectivity index (χ2n) is 5.01. The van der Waals surface area contributed by atoms with Gasteiger partial charge in [-0.05, 0) is 30.9 Å². The third-order valence-corrected chi connectivity index (χ3v) is 4.37. The highest BCUT2D eigenvalue weighted by Gasteiger charge is 2.32. The normalized spacial score (nSPS) is 17.2. The van der Waals surface area contributed by atoms with Gasteiger partial charge in [-0.25, -0.2) is 4.98 Å². The van der Waals surface area contributed by atoms with Gasteiger partial charge in [-0.1, -0.05) is 12.1 Å². The van der Waals surface area contributed by atoms with Gasteiger partial charge in [0.2, 0.25) is 0 Å². The van der Waals surface area contributed by atoms with Crippen LogP contribution in [0.25, 0.3) is 11.3 Å². The molecule has 1 unspecified atom stereocenters. The number of hydrogen-bond acceptors (Lipinski definition) is 3. The molecule has 0 aliphatic heterocycles. The Hall–Kier alpha value is -1.40. The first kappa shape index (κ1) is 13.6. The fourth-order valence-corrected chi connectivity index (χ4v) is 3.01. The maximum atomic E-state index is 12.7. The predicted octanol–water partition coefficient (Wildman–Crippen LogP) is 4.24. The maximum Gasteiger partial charge on any atom is 0.416 e. The van der Waals surface area contributed by atoms with Gasteiger partial charge in [0, 0.05) is 10.9 Å². The molecule has 3 rings (SSSR count). The molecule has 106 valence electrons. The Bertz CT molecular complexity index is 617. The largest absolute Gasteiger partial charge is 0.416 e. The Morgan fingerprint density at radius 2 is 2.05 bits per heavy atom. The molecule has 2 aromatic rings. The molecule has 0 bridgehead atoms. The molecule has 2 N–H and O–H groups in total. The molecular formula is C14H13F3N2S. The van der Waals surface area contributed by atoms with Crippen LogP contribution in [0.4, 0.5) is 13.2 Å². The lowest BCUT2D eigenvalue weighted by molar-refractivity contribution is -0.137. The van der Waals surface area contributed by atoms with Crippen LogP contribution in [-0.2, 0) is 6.18 Å². The number of alkyl halides is 3. The van der Waals surface area contributed by atoms with Crippen molar-refractivity contribution < 1.29 is 13.2 Å². The second-order valence-corrected chi connectivity index (χ2v) is 5.90. The van der Waals surface area contributed by atoms with Gasteiger partial charge in [-0.3, -0.25) is 0 Å². The molecular weight excluding hydrogens is 285 g/mol. The topological polar surface area (TPSA) is 38.9 Å². The smallest absolute Gasteiger partial charge is 0.322 e. The Morgan fingerprint density at radius 1 is 1.30 bits per heavy atom. The van der Waals surface area contributed by atoms with Crippen LogP contribution in [0.2, 0.25) is 0 Å². The Labute approximate surface area is 118 Å². The van der Waals surface area contributed by atoms with Gasteiger partial charge in [0.05, 0.1) is 17.3 Å². The predicted molar refractivity (Wildman–Crippen MR) is 72.2 cm³/mol. The number of halogens is 3. The van der Waals surface area contributed by atoms with E-state index in [2.05, 4.69) is 4.98 Å². The monoisotopic (exact) mass is 298 g/mol. The van der Waals surface area contributed by atoms with E-state index in [0.29, 0.717) is 17.2 Å². The van der Waals surface area contributed by atoms with Gasteiger partial charge in [0.15, 0.2) is 0 Å². The van der Waals surface area contributed by atoms with Crippen LogP contribution in [0.5, 0.6) is 0 Å². The van der Waals surface area contributed by atoms with Crippen LogP contribution in [0, 0.1) is 5.92 Å². The van der Waals surface area contributed by atoms with E-state index in [4.69, 9.17) is 5.73 Å². The minimum Gasteiger partial charge on any atom is -0.322 e. The van der Waals surface area contributed by atoms with E-state index in [9.17, 15) is 13.2 Å². The molecule has 0 radical (unpaired) electrons. The molecule has 6 heteroatoms. The lowest BCUT2D eigenvalue weighted by Crippen LogP contribution is -2.11. The Kier molecular flexibility index (Phi) is 3.30. The molecule has 0 saturated heterocycles. The van der Waals surface area contributed by atoms with E-state index >= 15 is 0 Å². The van der Waals surface area contributed by atoms with Crippen molar-refractivity contribution in [2.45, 2.75) is 25.1 Å². The maximum absolute atomic E-state index is 12.7. The van der Waals surface area contributed by atoms with Crippen molar-refractivity contribution in [2.24, 2.45) is 11.7 Å². The van der Waals surface area contributed by atoms with Crippen molar-refractivity contribution in [2.75, 3.05) is 0 Å². The van der Waals surface area contributed by atoms with Crippen LogP contribution in [0.15, 0.2) is 29.6 Å². The summed E-state index contributed by atoms with van der Waals surface area (Å²) in [5.41, 5.74) is 6.44. The molecule has 0 amide bonds. The van der Waals surface area contributed by atoms with Crippen LogP contribution in [-0.4, -0.2) is 4.98 Å². The van der Waals surface area contributed by atoms with Crippen molar-refractivity contribution in [1.82, 2.24) is 4.98 Å². The van der Waals surface area contributed by atoms with Crippen molar-refractivity contribution >= 4 is 11.3 Å². The van der Waals surface area contributed by atoms with Gasteiger partial charge < -0.3 is 5.73 Å². The zero-order chi connectivity index (χ0) is 14.3. The zero-order valence-corrected chi connectivity index (χ0v) is 11.3. The van der Waals surface area contributed by atoms with Crippen molar-refractivity contribution in [1.29, 1.82) is 0 Å². The summed E-state index contributed by atoms with van der Waals surface area (Å²) in [6.45, 7) is 0. The van der Waals surface area contributed by atoms with E-state index in [1.807, 2.05) is 0 Å². The summed E-state index contributed by atoms with van der Waals surface area (Å²) in [5, 5.41) is 2.58. The van der Waals surface area contributed by atoms with E-state index in [1.165, 1.54) is 17.4 Å². The fraction of sp³-hybridized carbons (Fsp3) is 0.357. The van der Waals surface area contributed by atoms with Gasteiger partial charge in [0.1, 0.15) is 5.01 Å². The van der Waals surface area contributed by atoms with E-state index in [0.717, 1.165) is 30.0 Å². The molecule has 1 saturated carbocycles. The second kappa shape index (κ2) is 4.86. The number of nitrogens with two attached hydrogens (primary N) is 1. The lowest BCUT2D eigenvalue weighted by atomic mass is 10.1. The first-order valence-corrected chi connectivity index (χ1v) is 7.22. The summed E-state index contributed by atoms with van der Waals surface area (Å²) < 4.78 is 38.1. The van der Waals surface area contributed by atoms with Crippen LogP contribution in [0.1, 0.15) is 29.5 Å². The average molecular weight is 298 g/mol. The molecule has 1 atom stereocenters. The van der Waals surface area contributed by atoms with Gasteiger partial charge in [-0.2, -0.15) is 13.2 Å². The summed E-state index contributed by atoms with van der Waals surface area (Å²) in [6, 6.07) is 5.14. The highest BCUT2D eigenvalue weighted by atomic mass is 32.1. The summed E-state index contributed by atoms with van der Waals surface area (Å²) in [5.74, 6) is 0.482. The van der Waals surface area contributed by atoms with Gasteiger partial charge in [-0.15, -0.1) is 11.3 Å². The number of thiazole rings is 1. The molecule has 20 heavy (non-hydrogen) atoms. The quantitative estimate of drug-likeness (QED) is 0.920. The Morgan fingerprint density at radius 3 is 2.70 bits per heavy atom. The summed E-state index contributed by atoms with van der Waals surface area (Å²) >= 11 is 1.42. The van der Waals surface area contributed by atoms with Crippen LogP contribution in [0.3, 0.4) is 0 Å². The molecule has 1 aliphatic rings. The van der Waals surface area contributed by atoms with Crippen molar-refractivity contribution in [3.63, 3.8) is 0 Å². The number of rotatable bonds is 3.